The minimum Gasteiger partial charge on any atom is -0.457 e. The number of nitrogens with two attached hydrogens (primary N) is 1. The summed E-state index contributed by atoms with van der Waals surface area (Å²) >= 11 is 0. The van der Waals surface area contributed by atoms with E-state index in [1.54, 1.807) is 24.3 Å². The van der Waals surface area contributed by atoms with Gasteiger partial charge in [0.2, 0.25) is 0 Å². The number of anilines is 1. The molecule has 0 fully saturated rings. The molecule has 0 bridgehead atoms. The monoisotopic (exact) mass is 201 g/mol. The van der Waals surface area contributed by atoms with Gasteiger partial charge in [-0.05, 0) is 42.8 Å². The molecule has 0 unspecified atom stereocenters. The predicted molar refractivity (Wildman–Crippen MR) is 64.6 cm³/mol. The fourth-order valence-corrected chi connectivity index (χ4v) is 1.03. The van der Waals surface area contributed by atoms with Crippen LogP contribution in [0.15, 0.2) is 60.9 Å². The molecule has 0 aliphatic heterocycles. The number of benzene rings is 1. The van der Waals surface area contributed by atoms with Crippen molar-refractivity contribution in [3.63, 3.8) is 0 Å². The minimum absolute atomic E-state index is 0.703. The molecule has 0 spiro atoms. The van der Waals surface area contributed by atoms with Crippen LogP contribution in [0.2, 0.25) is 0 Å². The van der Waals surface area contributed by atoms with E-state index in [-0.39, 0.29) is 0 Å². The summed E-state index contributed by atoms with van der Waals surface area (Å²) in [5, 5.41) is 0. The van der Waals surface area contributed by atoms with Crippen LogP contribution in [0.4, 0.5) is 5.69 Å². The Morgan fingerprint density at radius 1 is 1.33 bits per heavy atom. The third-order valence-electron chi connectivity index (χ3n) is 1.80. The Kier molecular flexibility index (Phi) is 3.75. The Balaban J connectivity index is 2.83. The van der Waals surface area contributed by atoms with E-state index in [9.17, 15) is 0 Å². The molecule has 0 saturated carbocycles. The molecule has 0 aliphatic rings. The molecule has 1 aromatic carbocycles. The summed E-state index contributed by atoms with van der Waals surface area (Å²) in [5.41, 5.74) is 7.14. The van der Waals surface area contributed by atoms with Gasteiger partial charge in [-0.1, -0.05) is 19.2 Å². The van der Waals surface area contributed by atoms with Crippen LogP contribution < -0.4 is 10.5 Å². The van der Waals surface area contributed by atoms with Crippen LogP contribution in [0.5, 0.6) is 5.75 Å². The molecule has 2 nitrogen and oxygen atoms in total. The highest BCUT2D eigenvalue weighted by Gasteiger charge is 2.00. The zero-order chi connectivity index (χ0) is 11.3. The van der Waals surface area contributed by atoms with Gasteiger partial charge in [-0.25, -0.2) is 0 Å². The lowest BCUT2D eigenvalue weighted by atomic mass is 10.2. The number of ether oxygens (including phenoxy) is 1. The van der Waals surface area contributed by atoms with Crippen molar-refractivity contribution in [2.24, 2.45) is 0 Å². The van der Waals surface area contributed by atoms with Crippen molar-refractivity contribution in [1.82, 2.24) is 0 Å². The minimum atomic E-state index is 0.703. The Bertz CT molecular complexity index is 388. The van der Waals surface area contributed by atoms with Gasteiger partial charge in [-0.15, -0.1) is 0 Å². The van der Waals surface area contributed by atoms with E-state index in [2.05, 4.69) is 13.2 Å². The molecule has 2 N–H and O–H groups in total. The average molecular weight is 201 g/mol. The molecule has 0 amide bonds. The van der Waals surface area contributed by atoms with Gasteiger partial charge in [0.15, 0.2) is 0 Å². The zero-order valence-electron chi connectivity index (χ0n) is 8.86. The zero-order valence-corrected chi connectivity index (χ0v) is 8.86. The topological polar surface area (TPSA) is 35.2 Å². The van der Waals surface area contributed by atoms with Crippen LogP contribution >= 0.6 is 0 Å². The van der Waals surface area contributed by atoms with Crippen LogP contribution in [0.3, 0.4) is 0 Å². The molecule has 0 radical (unpaired) electrons. The lowest BCUT2D eigenvalue weighted by Crippen LogP contribution is -1.96. The second-order valence-corrected chi connectivity index (χ2v) is 3.22. The molecule has 0 saturated heterocycles. The summed E-state index contributed by atoms with van der Waals surface area (Å²) in [5.74, 6) is 1.44. The highest BCUT2D eigenvalue weighted by molar-refractivity contribution is 5.42. The smallest absolute Gasteiger partial charge is 0.129 e. The number of hydrogen-bond donors (Lipinski definition) is 1. The highest BCUT2D eigenvalue weighted by Crippen LogP contribution is 2.18. The third kappa shape index (κ3) is 3.35. The van der Waals surface area contributed by atoms with Crippen molar-refractivity contribution in [1.29, 1.82) is 0 Å². The summed E-state index contributed by atoms with van der Waals surface area (Å²) in [6, 6.07) is 7.21. The first kappa shape index (κ1) is 11.1. The van der Waals surface area contributed by atoms with Crippen molar-refractivity contribution in [3.05, 3.63) is 60.9 Å². The van der Waals surface area contributed by atoms with E-state index in [1.807, 2.05) is 19.1 Å². The summed E-state index contributed by atoms with van der Waals surface area (Å²) in [6.45, 7) is 9.32. The standard InChI is InChI=1S/C13H15NO/c1-4-5-13(10(2)3)15-12-8-6-11(14)7-9-12/h4-9H,1-2,14H2,3H3/b13-5+. The first-order valence-electron chi connectivity index (χ1n) is 4.65. The van der Waals surface area contributed by atoms with Gasteiger partial charge >= 0.3 is 0 Å². The van der Waals surface area contributed by atoms with E-state index in [0.717, 1.165) is 11.3 Å². The largest absolute Gasteiger partial charge is 0.457 e. The second-order valence-electron chi connectivity index (χ2n) is 3.22. The van der Waals surface area contributed by atoms with Gasteiger partial charge in [-0.2, -0.15) is 0 Å². The number of hydrogen-bond acceptors (Lipinski definition) is 2. The van der Waals surface area contributed by atoms with E-state index in [1.165, 1.54) is 0 Å². The summed E-state index contributed by atoms with van der Waals surface area (Å²) in [4.78, 5) is 0. The SMILES string of the molecule is C=C/C=C(/Oc1ccc(N)cc1)C(=C)C. The second kappa shape index (κ2) is 5.05. The Labute approximate surface area is 90.4 Å². The maximum Gasteiger partial charge on any atom is 0.129 e. The average Bonchev–Trinajstić information content (AvgIpc) is 2.20. The fourth-order valence-electron chi connectivity index (χ4n) is 1.03. The summed E-state index contributed by atoms with van der Waals surface area (Å²) in [7, 11) is 0. The van der Waals surface area contributed by atoms with Gasteiger partial charge < -0.3 is 10.5 Å². The van der Waals surface area contributed by atoms with Gasteiger partial charge in [0.1, 0.15) is 11.5 Å². The maximum absolute atomic E-state index is 5.61. The fraction of sp³-hybridized carbons (Fsp3) is 0.0769. The molecule has 78 valence electrons. The molecule has 1 rings (SSSR count). The van der Waals surface area contributed by atoms with Crippen molar-refractivity contribution in [2.75, 3.05) is 5.73 Å². The van der Waals surface area contributed by atoms with Gasteiger partial charge in [0, 0.05) is 5.69 Å². The lowest BCUT2D eigenvalue weighted by molar-refractivity contribution is 0.437. The van der Waals surface area contributed by atoms with Gasteiger partial charge in [-0.3, -0.25) is 0 Å². The molecule has 1 aromatic rings. The quantitative estimate of drug-likeness (QED) is 0.461. The van der Waals surface area contributed by atoms with Crippen molar-refractivity contribution in [3.8, 4) is 5.75 Å². The van der Waals surface area contributed by atoms with Crippen molar-refractivity contribution in [2.45, 2.75) is 6.92 Å². The molecule has 2 heteroatoms. The van der Waals surface area contributed by atoms with E-state index >= 15 is 0 Å². The maximum atomic E-state index is 5.61. The first-order valence-corrected chi connectivity index (χ1v) is 4.65. The number of allylic oxidation sites excluding steroid dienone is 3. The van der Waals surface area contributed by atoms with Crippen LogP contribution in [0, 0.1) is 0 Å². The molecular formula is C13H15NO. The summed E-state index contributed by atoms with van der Waals surface area (Å²) in [6.07, 6.45) is 3.44. The molecule has 0 aliphatic carbocycles. The van der Waals surface area contributed by atoms with E-state index < -0.39 is 0 Å². The molecule has 0 heterocycles. The Hall–Kier alpha value is -1.96. The number of nitrogen functional groups attached to an aromatic ring is 1. The van der Waals surface area contributed by atoms with Crippen molar-refractivity contribution >= 4 is 5.69 Å². The summed E-state index contributed by atoms with van der Waals surface area (Å²) < 4.78 is 5.61. The van der Waals surface area contributed by atoms with Crippen LogP contribution in [0.1, 0.15) is 6.92 Å². The van der Waals surface area contributed by atoms with E-state index in [4.69, 9.17) is 10.5 Å². The van der Waals surface area contributed by atoms with Gasteiger partial charge in [0.25, 0.3) is 0 Å². The number of rotatable bonds is 4. The van der Waals surface area contributed by atoms with E-state index in [0.29, 0.717) is 11.4 Å². The molecule has 0 atom stereocenters. The van der Waals surface area contributed by atoms with Gasteiger partial charge in [0.05, 0.1) is 0 Å². The van der Waals surface area contributed by atoms with Crippen molar-refractivity contribution < 1.29 is 4.74 Å². The Morgan fingerprint density at radius 3 is 2.40 bits per heavy atom. The molecule has 15 heavy (non-hydrogen) atoms. The van der Waals surface area contributed by atoms with Crippen LogP contribution in [0.25, 0.3) is 0 Å². The lowest BCUT2D eigenvalue weighted by Gasteiger charge is -2.09. The highest BCUT2D eigenvalue weighted by atomic mass is 16.5. The van der Waals surface area contributed by atoms with Crippen LogP contribution in [-0.4, -0.2) is 0 Å². The first-order chi connectivity index (χ1) is 7.13. The predicted octanol–water partition coefficient (Wildman–Crippen LogP) is 3.29. The molecular weight excluding hydrogens is 186 g/mol. The van der Waals surface area contributed by atoms with Crippen LogP contribution in [-0.2, 0) is 0 Å². The third-order valence-corrected chi connectivity index (χ3v) is 1.80. The Morgan fingerprint density at radius 2 is 1.93 bits per heavy atom. The molecule has 0 aromatic heterocycles. The normalized spacial score (nSPS) is 10.9.